The highest BCUT2D eigenvalue weighted by atomic mass is 16.5. The maximum atomic E-state index is 12.2. The van der Waals surface area contributed by atoms with Crippen LogP contribution in [0.5, 0.6) is 5.75 Å². The fraction of sp³-hybridized carbons (Fsp3) is 0.333. The van der Waals surface area contributed by atoms with Crippen LogP contribution in [0.15, 0.2) is 72.8 Å². The van der Waals surface area contributed by atoms with Gasteiger partial charge in [0, 0.05) is 29.0 Å². The van der Waals surface area contributed by atoms with E-state index in [-0.39, 0.29) is 18.0 Å². The van der Waals surface area contributed by atoms with Crippen LogP contribution in [0.3, 0.4) is 0 Å². The van der Waals surface area contributed by atoms with Crippen LogP contribution in [0.4, 0.5) is 0 Å². The number of hydrogen-bond acceptors (Lipinski definition) is 2. The largest absolute Gasteiger partial charge is 0.496 e. The molecule has 0 radical (unpaired) electrons. The summed E-state index contributed by atoms with van der Waals surface area (Å²) in [5.41, 5.74) is 4.88. The number of hydrogen-bond donors (Lipinski definition) is 2. The Hall–Kier alpha value is -2.62. The Bertz CT molecular complexity index is 996. The maximum absolute atomic E-state index is 12.2. The number of methoxy groups -OCH3 is 1. The van der Waals surface area contributed by atoms with Crippen LogP contribution >= 0.6 is 0 Å². The van der Waals surface area contributed by atoms with Crippen molar-refractivity contribution in [1.82, 2.24) is 0 Å². The van der Waals surface area contributed by atoms with Crippen molar-refractivity contribution in [2.45, 2.75) is 44.9 Å². The van der Waals surface area contributed by atoms with Gasteiger partial charge >= 0.3 is 0 Å². The van der Waals surface area contributed by atoms with Crippen molar-refractivity contribution in [3.05, 3.63) is 101 Å². The minimum absolute atomic E-state index is 0.0122. The number of rotatable bonds is 4. The Balaban J connectivity index is 1.81. The molecule has 1 aliphatic heterocycles. The van der Waals surface area contributed by atoms with Gasteiger partial charge in [0.05, 0.1) is 7.11 Å². The number of benzene rings is 3. The summed E-state index contributed by atoms with van der Waals surface area (Å²) < 4.78 is 5.66. The van der Waals surface area contributed by atoms with Crippen LogP contribution in [-0.2, 0) is 5.60 Å². The predicted molar refractivity (Wildman–Crippen MR) is 120 cm³/mol. The average molecular weight is 403 g/mol. The average Bonchev–Trinajstić information content (AvgIpc) is 2.77. The summed E-state index contributed by atoms with van der Waals surface area (Å²) in [4.78, 5) is 0. The normalized spacial score (nSPS) is 26.4. The molecule has 156 valence electrons. The highest BCUT2D eigenvalue weighted by Crippen LogP contribution is 2.47. The van der Waals surface area contributed by atoms with Gasteiger partial charge in [-0.2, -0.15) is 0 Å². The van der Waals surface area contributed by atoms with Crippen LogP contribution in [-0.4, -0.2) is 12.2 Å². The highest BCUT2D eigenvalue weighted by Gasteiger charge is 2.51. The molecule has 0 saturated carbocycles. The SMILES string of the molecule is COc1ccccc1[C@@]1(O)C[C@@H](c2ccc(C)cc2)[NH2+][C@@H](c2ccc(C)cc2)[C@H]1C. The van der Waals surface area contributed by atoms with Gasteiger partial charge in [-0.15, -0.1) is 0 Å². The molecule has 1 saturated heterocycles. The number of nitrogens with two attached hydrogens (primary N) is 1. The second-order valence-electron chi connectivity index (χ2n) is 8.76. The first-order valence-electron chi connectivity index (χ1n) is 10.8. The van der Waals surface area contributed by atoms with Crippen molar-refractivity contribution in [2.24, 2.45) is 5.92 Å². The first-order chi connectivity index (χ1) is 14.4. The Morgan fingerprint density at radius 1 is 0.867 bits per heavy atom. The summed E-state index contributed by atoms with van der Waals surface area (Å²) in [6.45, 7) is 6.38. The summed E-state index contributed by atoms with van der Waals surface area (Å²) in [5.74, 6) is 0.761. The van der Waals surface area contributed by atoms with Gasteiger partial charge in [0.15, 0.2) is 0 Å². The summed E-state index contributed by atoms with van der Waals surface area (Å²) in [6.07, 6.45) is 0.639. The lowest BCUT2D eigenvalue weighted by Gasteiger charge is -2.45. The number of aryl methyl sites for hydroxylation is 2. The highest BCUT2D eigenvalue weighted by molar-refractivity contribution is 5.40. The Kier molecular flexibility index (Phi) is 5.68. The molecule has 30 heavy (non-hydrogen) atoms. The summed E-state index contributed by atoms with van der Waals surface area (Å²) >= 11 is 0. The Morgan fingerprint density at radius 2 is 1.43 bits per heavy atom. The van der Waals surface area contributed by atoms with Crippen molar-refractivity contribution >= 4 is 0 Å². The molecule has 1 heterocycles. The maximum Gasteiger partial charge on any atom is 0.124 e. The van der Waals surface area contributed by atoms with E-state index in [1.807, 2.05) is 24.3 Å². The second-order valence-corrected chi connectivity index (χ2v) is 8.76. The molecule has 3 heteroatoms. The standard InChI is InChI=1S/C27H31NO2/c1-18-9-13-21(14-10-18)24-17-27(29,23-7-5-6-8-25(23)30-4)20(3)26(28-24)22-15-11-19(2)12-16-22/h5-16,20,24,26,28-29H,17H2,1-4H3/p+1/t20-,24+,26-,27-/m1/s1. The fourth-order valence-corrected chi connectivity index (χ4v) is 4.89. The zero-order valence-corrected chi connectivity index (χ0v) is 18.3. The number of piperidine rings is 1. The van der Waals surface area contributed by atoms with Gasteiger partial charge in [-0.3, -0.25) is 0 Å². The van der Waals surface area contributed by atoms with E-state index in [1.165, 1.54) is 22.3 Å². The molecule has 0 aromatic heterocycles. The van der Waals surface area contributed by atoms with E-state index >= 15 is 0 Å². The van der Waals surface area contributed by atoms with E-state index in [2.05, 4.69) is 74.6 Å². The molecule has 4 atom stereocenters. The molecule has 3 aromatic carbocycles. The molecule has 0 bridgehead atoms. The topological polar surface area (TPSA) is 46.1 Å². The van der Waals surface area contributed by atoms with Crippen LogP contribution in [0.1, 0.15) is 53.2 Å². The third-order valence-electron chi connectivity index (χ3n) is 6.80. The van der Waals surface area contributed by atoms with Gasteiger partial charge in [0.2, 0.25) is 0 Å². The summed E-state index contributed by atoms with van der Waals surface area (Å²) in [6, 6.07) is 25.6. The lowest BCUT2D eigenvalue weighted by atomic mass is 9.68. The molecule has 0 amide bonds. The molecule has 4 rings (SSSR count). The van der Waals surface area contributed by atoms with Crippen LogP contribution < -0.4 is 10.1 Å². The van der Waals surface area contributed by atoms with Crippen molar-refractivity contribution in [3.63, 3.8) is 0 Å². The van der Waals surface area contributed by atoms with Crippen LogP contribution in [0.25, 0.3) is 0 Å². The molecule has 3 nitrogen and oxygen atoms in total. The molecule has 0 spiro atoms. The fourth-order valence-electron chi connectivity index (χ4n) is 4.89. The summed E-state index contributed by atoms with van der Waals surface area (Å²) in [7, 11) is 1.68. The Morgan fingerprint density at radius 3 is 2.03 bits per heavy atom. The van der Waals surface area contributed by atoms with Gasteiger partial charge in [0.1, 0.15) is 23.4 Å². The third kappa shape index (κ3) is 3.76. The number of ether oxygens (including phenoxy) is 1. The molecule has 1 aliphatic rings. The second kappa shape index (κ2) is 8.25. The molecular weight excluding hydrogens is 370 g/mol. The van der Waals surface area contributed by atoms with Gasteiger partial charge in [-0.05, 0) is 19.9 Å². The molecule has 3 aromatic rings. The van der Waals surface area contributed by atoms with Gasteiger partial charge in [-0.25, -0.2) is 0 Å². The molecule has 0 unspecified atom stereocenters. The number of para-hydroxylation sites is 1. The third-order valence-corrected chi connectivity index (χ3v) is 6.80. The zero-order valence-electron chi connectivity index (χ0n) is 18.3. The van der Waals surface area contributed by atoms with Crippen molar-refractivity contribution in [3.8, 4) is 5.75 Å². The monoisotopic (exact) mass is 402 g/mol. The minimum atomic E-state index is -0.994. The number of aliphatic hydroxyl groups is 1. The molecular formula is C27H32NO2+. The van der Waals surface area contributed by atoms with Crippen molar-refractivity contribution in [2.75, 3.05) is 7.11 Å². The van der Waals surface area contributed by atoms with Crippen molar-refractivity contribution in [1.29, 1.82) is 0 Å². The van der Waals surface area contributed by atoms with E-state index in [0.29, 0.717) is 6.42 Å². The quantitative estimate of drug-likeness (QED) is 0.671. The van der Waals surface area contributed by atoms with E-state index < -0.39 is 5.60 Å². The molecule has 3 N–H and O–H groups in total. The van der Waals surface area contributed by atoms with Crippen molar-refractivity contribution < 1.29 is 15.2 Å². The van der Waals surface area contributed by atoms with Gasteiger partial charge < -0.3 is 15.2 Å². The lowest BCUT2D eigenvalue weighted by Crippen LogP contribution is -2.91. The predicted octanol–water partition coefficient (Wildman–Crippen LogP) is 4.59. The number of quaternary nitrogens is 1. The van der Waals surface area contributed by atoms with Gasteiger partial charge in [0.25, 0.3) is 0 Å². The van der Waals surface area contributed by atoms with Crippen LogP contribution in [0.2, 0.25) is 0 Å². The van der Waals surface area contributed by atoms with E-state index in [9.17, 15) is 5.11 Å². The smallest absolute Gasteiger partial charge is 0.124 e. The van der Waals surface area contributed by atoms with Gasteiger partial charge in [-0.1, -0.05) is 84.8 Å². The van der Waals surface area contributed by atoms with E-state index in [1.54, 1.807) is 7.11 Å². The first kappa shape index (κ1) is 20.6. The zero-order chi connectivity index (χ0) is 21.3. The van der Waals surface area contributed by atoms with E-state index in [4.69, 9.17) is 4.74 Å². The first-order valence-corrected chi connectivity index (χ1v) is 10.8. The minimum Gasteiger partial charge on any atom is -0.496 e. The lowest BCUT2D eigenvalue weighted by molar-refractivity contribution is -0.757. The Labute approximate surface area is 179 Å². The molecule has 1 fully saturated rings. The summed E-state index contributed by atoms with van der Waals surface area (Å²) in [5, 5.41) is 14.6. The molecule has 0 aliphatic carbocycles. The van der Waals surface area contributed by atoms with Crippen LogP contribution in [0, 0.1) is 19.8 Å². The van der Waals surface area contributed by atoms with E-state index in [0.717, 1.165) is 11.3 Å².